The zero-order chi connectivity index (χ0) is 73.1. The van der Waals surface area contributed by atoms with E-state index in [1.54, 1.807) is 57.7 Å². The molecule has 3 heterocycles. The molecule has 0 aliphatic carbocycles. The molecule has 0 aromatic heterocycles. The normalized spacial score (nSPS) is 18.0. The Morgan fingerprint density at radius 3 is 1.61 bits per heavy atom. The van der Waals surface area contributed by atoms with Crippen LogP contribution in [-0.2, 0) is 86.0 Å². The van der Waals surface area contributed by atoms with Gasteiger partial charge in [-0.1, -0.05) is 68.8 Å². The number of rotatable bonds is 41. The van der Waals surface area contributed by atoms with Crippen LogP contribution in [0, 0.1) is 5.92 Å². The number of ketones is 1. The Kier molecular flexibility index (Phi) is 37.2. The Morgan fingerprint density at radius 1 is 0.580 bits per heavy atom. The van der Waals surface area contributed by atoms with Crippen LogP contribution in [0.2, 0.25) is 0 Å². The lowest BCUT2D eigenvalue weighted by atomic mass is 10.0. The molecule has 0 saturated carbocycles. The van der Waals surface area contributed by atoms with Gasteiger partial charge in [0.2, 0.25) is 47.3 Å². The first-order valence-corrected chi connectivity index (χ1v) is 37.6. The van der Waals surface area contributed by atoms with Gasteiger partial charge in [-0.2, -0.15) is 35.3 Å². The molecule has 8 amide bonds. The van der Waals surface area contributed by atoms with Crippen LogP contribution in [0.4, 0.5) is 0 Å². The molecule has 1 unspecified atom stereocenters. The summed E-state index contributed by atoms with van der Waals surface area (Å²) in [6, 6.07) is 9.77. The number of carbonyl (C=O) groups excluding carboxylic acids is 9. The number of hydrogen-bond donors (Lipinski definition) is 9. The molecule has 29 nitrogen and oxygen atoms in total. The lowest BCUT2D eigenvalue weighted by Gasteiger charge is -2.32. The highest BCUT2D eigenvalue weighted by Gasteiger charge is 2.44. The molecule has 2 aromatic carbocycles. The predicted octanol–water partition coefficient (Wildman–Crippen LogP) is 1.80. The number of likely N-dealkylation sites (tertiary alicyclic amines) is 2. The fourth-order valence-electron chi connectivity index (χ4n) is 11.8. The van der Waals surface area contributed by atoms with Gasteiger partial charge >= 0.3 is 23.9 Å². The quantitative estimate of drug-likeness (QED) is 0.0338. The number of Topliss-reactive ketones (excluding diaryl/α,β-unsaturated/α-hetero) is 1. The smallest absolute Gasteiger partial charge is 0.317 e. The monoisotopic (exact) mass is 1450 g/mol. The molecule has 3 saturated heterocycles. The fourth-order valence-corrected chi connectivity index (χ4v) is 14.5. The molecule has 100 heavy (non-hydrogen) atoms. The summed E-state index contributed by atoms with van der Waals surface area (Å²) in [5, 5.41) is 49.1. The number of carbonyl (C=O) groups is 13. The molecule has 10 N–H and O–H groups in total. The number of carboxylic acids is 4. The van der Waals surface area contributed by atoms with Crippen molar-refractivity contribution in [2.45, 2.75) is 145 Å². The Labute approximate surface area is 597 Å². The summed E-state index contributed by atoms with van der Waals surface area (Å²) in [6.07, 6.45) is 4.20. The fraction of sp³-hybridized carbons (Fsp3) is 0.618. The number of benzene rings is 2. The Balaban J connectivity index is 1.23. The van der Waals surface area contributed by atoms with Gasteiger partial charge in [-0.05, 0) is 80.5 Å². The van der Waals surface area contributed by atoms with Crippen LogP contribution in [0.5, 0.6) is 0 Å². The average molecular weight is 1450 g/mol. The molecule has 552 valence electrons. The summed E-state index contributed by atoms with van der Waals surface area (Å²) >= 11 is 4.49. The number of primary amides is 1. The van der Waals surface area contributed by atoms with Crippen LogP contribution < -0.4 is 27.0 Å². The first-order chi connectivity index (χ1) is 47.8. The standard InChI is InChI=1S/C68H100N12O17S3/c1-4-6-16-58(83)71-37-51(67(96)80-22-11-15-56(80)68(97)79-21-10-14-55(79)66(95)72-52(5-2)64(93)73-53(17-18-57(69)82)65(94)74-54(46(3)81)36-47-12-8-7-9-13-47)45-100-44-50-34-48(42-98-31-19-60(85)86)33-49(35-50)43-99-32-20-70-59(84)38-75-23-25-76(39-61(87)88)27-29-78(41-63(91)92)30-28-77(26-24-75)40-62(89)90/h7-9,12-13,33-35,37,51-56H,4-6,10-11,14-32,36,38-45H2,1-3H3,(H2,69,82)(H,70,84)(H,72,95)(H,73,93)(H,74,94)(H,85,86)(H,87,88)(H,89,90)(H,91,92)/b71-37+/t51?,52-,53-,54-,55-,56-/m0/s1. The van der Waals surface area contributed by atoms with Gasteiger partial charge in [-0.15, -0.1) is 0 Å². The molecule has 3 aliphatic heterocycles. The number of aliphatic carboxylic acids is 4. The zero-order valence-corrected chi connectivity index (χ0v) is 60.0. The van der Waals surface area contributed by atoms with Crippen molar-refractivity contribution in [1.82, 2.24) is 50.7 Å². The first-order valence-electron chi connectivity index (χ1n) is 34.1. The van der Waals surface area contributed by atoms with E-state index in [0.717, 1.165) is 28.7 Å². The highest BCUT2D eigenvalue weighted by Crippen LogP contribution is 2.29. The van der Waals surface area contributed by atoms with E-state index in [2.05, 4.69) is 26.3 Å². The van der Waals surface area contributed by atoms with Gasteiger partial charge < -0.3 is 57.2 Å². The Bertz CT molecular complexity index is 3100. The van der Waals surface area contributed by atoms with Crippen molar-refractivity contribution in [3.63, 3.8) is 0 Å². The maximum atomic E-state index is 14.8. The summed E-state index contributed by atoms with van der Waals surface area (Å²) in [5.74, 6) is -7.07. The molecule has 0 bridgehead atoms. The minimum absolute atomic E-state index is 0.0158. The third kappa shape index (κ3) is 30.8. The molecule has 32 heteroatoms. The number of amides is 8. The van der Waals surface area contributed by atoms with Crippen molar-refractivity contribution in [1.29, 1.82) is 0 Å². The van der Waals surface area contributed by atoms with Crippen molar-refractivity contribution in [2.75, 3.05) is 115 Å². The topological polar surface area (TPSA) is 409 Å². The van der Waals surface area contributed by atoms with Gasteiger partial charge in [0.05, 0.1) is 44.6 Å². The van der Waals surface area contributed by atoms with Crippen LogP contribution in [0.1, 0.15) is 114 Å². The van der Waals surface area contributed by atoms with E-state index in [4.69, 9.17) is 5.73 Å². The SMILES string of the molecule is CCCCC(=O)/N=C/C(CSCc1cc(CSCCNC(=O)CN2CCN(CC(=O)O)CCN(CC(=O)O)CCN(CC(=O)O)CC2)cc(CSCCC(=O)O)c1)C(=O)N1CCC[C@H]1C(=O)N1CCC[C@H]1C(=O)N[C@@H](CC)C(=O)N[C@@H](CCC(N)=O)C(=O)N[C@@H](Cc1ccccc1)C(C)=O. The van der Waals surface area contributed by atoms with Crippen molar-refractivity contribution in [3.05, 3.63) is 70.8 Å². The van der Waals surface area contributed by atoms with Crippen molar-refractivity contribution < 1.29 is 82.8 Å². The summed E-state index contributed by atoms with van der Waals surface area (Å²) in [7, 11) is 0. The largest absolute Gasteiger partial charge is 0.481 e. The number of nitrogens with zero attached hydrogens (tertiary/aromatic N) is 7. The van der Waals surface area contributed by atoms with Crippen LogP contribution >= 0.6 is 35.3 Å². The lowest BCUT2D eigenvalue weighted by Crippen LogP contribution is -2.58. The third-order valence-electron chi connectivity index (χ3n) is 17.2. The van der Waals surface area contributed by atoms with Crippen molar-refractivity contribution in [2.24, 2.45) is 16.6 Å². The van der Waals surface area contributed by atoms with Gasteiger partial charge in [0.25, 0.3) is 0 Å². The summed E-state index contributed by atoms with van der Waals surface area (Å²) < 4.78 is 0. The summed E-state index contributed by atoms with van der Waals surface area (Å²) in [5.41, 5.74) is 9.05. The second kappa shape index (κ2) is 44.7. The lowest BCUT2D eigenvalue weighted by molar-refractivity contribution is -0.147. The van der Waals surface area contributed by atoms with Crippen LogP contribution in [0.3, 0.4) is 0 Å². The van der Waals surface area contributed by atoms with E-state index < -0.39 is 95.4 Å². The molecule has 3 fully saturated rings. The van der Waals surface area contributed by atoms with E-state index in [1.807, 2.05) is 36.1 Å². The molecular formula is C68H100N12O17S3. The number of carboxylic acid groups (broad SMARTS) is 4. The number of thioether (sulfide) groups is 3. The van der Waals surface area contributed by atoms with Crippen LogP contribution in [0.25, 0.3) is 0 Å². The van der Waals surface area contributed by atoms with Crippen LogP contribution in [-0.4, -0.2) is 279 Å². The van der Waals surface area contributed by atoms with Gasteiger partial charge in [0, 0.05) is 126 Å². The Morgan fingerprint density at radius 2 is 1.09 bits per heavy atom. The summed E-state index contributed by atoms with van der Waals surface area (Å²) in [6.45, 7) is 6.87. The zero-order valence-electron chi connectivity index (χ0n) is 57.5. The first kappa shape index (κ1) is 83.2. The van der Waals surface area contributed by atoms with Gasteiger partial charge in [0.1, 0.15) is 24.2 Å². The second-order valence-corrected chi connectivity index (χ2v) is 28.5. The molecule has 0 spiro atoms. The van der Waals surface area contributed by atoms with E-state index in [9.17, 15) is 82.8 Å². The minimum Gasteiger partial charge on any atom is -0.481 e. The second-order valence-electron chi connectivity index (χ2n) is 25.2. The van der Waals surface area contributed by atoms with Crippen molar-refractivity contribution in [3.8, 4) is 0 Å². The molecule has 0 radical (unpaired) electrons. The molecule has 3 aliphatic rings. The highest BCUT2D eigenvalue weighted by molar-refractivity contribution is 7.99. The maximum Gasteiger partial charge on any atom is 0.317 e. The van der Waals surface area contributed by atoms with Gasteiger partial charge in [0.15, 0.2) is 5.78 Å². The molecule has 2 aromatic rings. The number of nitrogens with one attached hydrogen (secondary N) is 4. The molecule has 6 atom stereocenters. The minimum atomic E-state index is -1.30. The maximum absolute atomic E-state index is 14.8. The Hall–Kier alpha value is -7.49. The van der Waals surface area contributed by atoms with Gasteiger partial charge in [-0.25, -0.2) is 4.99 Å². The van der Waals surface area contributed by atoms with Crippen LogP contribution in [0.15, 0.2) is 53.5 Å². The molecular weight excluding hydrogens is 1350 g/mol. The number of hydrogen-bond acceptors (Lipinski definition) is 20. The highest BCUT2D eigenvalue weighted by atomic mass is 32.2. The predicted molar refractivity (Wildman–Crippen MR) is 380 cm³/mol. The van der Waals surface area contributed by atoms with E-state index in [1.165, 1.54) is 46.5 Å². The van der Waals surface area contributed by atoms with E-state index in [-0.39, 0.29) is 147 Å². The number of aliphatic imine (C=N–C) groups is 1. The van der Waals surface area contributed by atoms with Gasteiger partial charge in [-0.3, -0.25) is 81.9 Å². The molecule has 5 rings (SSSR count). The van der Waals surface area contributed by atoms with Crippen molar-refractivity contribution >= 4 is 118 Å². The number of unbranched alkanes of at least 4 members (excludes halogenated alkanes) is 1. The van der Waals surface area contributed by atoms with E-state index in [0.29, 0.717) is 74.1 Å². The number of nitrogens with two attached hydrogens (primary N) is 1. The summed E-state index contributed by atoms with van der Waals surface area (Å²) in [4.78, 5) is 183. The van der Waals surface area contributed by atoms with E-state index >= 15 is 0 Å². The third-order valence-corrected chi connectivity index (χ3v) is 20.4. The average Bonchev–Trinajstić information content (AvgIpc) is 1.63.